The van der Waals surface area contributed by atoms with E-state index < -0.39 is 7.12 Å². The lowest BCUT2D eigenvalue weighted by Crippen LogP contribution is -2.29. The first kappa shape index (κ1) is 12.3. The van der Waals surface area contributed by atoms with Crippen molar-refractivity contribution in [2.75, 3.05) is 5.32 Å². The molecule has 5 nitrogen and oxygen atoms in total. The SMILES string of the molecule is O=C(Nc1ccncc1)c1ccc(B(O)O)cc1. The zero-order chi connectivity index (χ0) is 13.0. The highest BCUT2D eigenvalue weighted by atomic mass is 16.4. The smallest absolute Gasteiger partial charge is 0.423 e. The molecule has 1 amide bonds. The molecule has 1 aromatic heterocycles. The van der Waals surface area contributed by atoms with Crippen molar-refractivity contribution < 1.29 is 14.8 Å². The monoisotopic (exact) mass is 242 g/mol. The maximum absolute atomic E-state index is 11.8. The van der Waals surface area contributed by atoms with Crippen LogP contribution in [0.25, 0.3) is 0 Å². The van der Waals surface area contributed by atoms with Gasteiger partial charge >= 0.3 is 7.12 Å². The van der Waals surface area contributed by atoms with Crippen molar-refractivity contribution in [2.24, 2.45) is 0 Å². The Labute approximate surface area is 104 Å². The Hall–Kier alpha value is -2.18. The minimum absolute atomic E-state index is 0.264. The highest BCUT2D eigenvalue weighted by Gasteiger charge is 2.12. The summed E-state index contributed by atoms with van der Waals surface area (Å²) in [5.41, 5.74) is 1.44. The minimum atomic E-state index is -1.53. The Bertz CT molecular complexity index is 529. The zero-order valence-electron chi connectivity index (χ0n) is 9.45. The number of anilines is 1. The van der Waals surface area contributed by atoms with Crippen molar-refractivity contribution >= 4 is 24.2 Å². The summed E-state index contributed by atoms with van der Waals surface area (Å²) in [7, 11) is -1.53. The van der Waals surface area contributed by atoms with Crippen molar-refractivity contribution in [1.29, 1.82) is 0 Å². The standard InChI is InChI=1S/C12H11BN2O3/c16-12(15-11-5-7-14-8-6-11)9-1-3-10(4-2-9)13(17)18/h1-8,17-18H,(H,14,15,16). The van der Waals surface area contributed by atoms with Crippen LogP contribution in [0.1, 0.15) is 10.4 Å². The molecule has 6 heteroatoms. The maximum atomic E-state index is 11.8. The van der Waals surface area contributed by atoms with E-state index in [4.69, 9.17) is 10.0 Å². The third-order valence-corrected chi connectivity index (χ3v) is 2.41. The summed E-state index contributed by atoms with van der Waals surface area (Å²) < 4.78 is 0. The second-order valence-electron chi connectivity index (χ2n) is 3.69. The van der Waals surface area contributed by atoms with Crippen LogP contribution in [-0.2, 0) is 0 Å². The second kappa shape index (κ2) is 5.44. The second-order valence-corrected chi connectivity index (χ2v) is 3.69. The van der Waals surface area contributed by atoms with Gasteiger partial charge in [-0.25, -0.2) is 0 Å². The lowest BCUT2D eigenvalue weighted by atomic mass is 9.80. The van der Waals surface area contributed by atoms with E-state index in [9.17, 15) is 4.79 Å². The number of nitrogens with one attached hydrogen (secondary N) is 1. The number of amides is 1. The van der Waals surface area contributed by atoms with Gasteiger partial charge in [0.15, 0.2) is 0 Å². The molecule has 1 heterocycles. The summed E-state index contributed by atoms with van der Waals surface area (Å²) in [6, 6.07) is 9.42. The summed E-state index contributed by atoms with van der Waals surface area (Å²) in [6.07, 6.45) is 3.17. The van der Waals surface area contributed by atoms with Gasteiger partial charge in [-0.3, -0.25) is 9.78 Å². The van der Waals surface area contributed by atoms with Crippen LogP contribution >= 0.6 is 0 Å². The number of benzene rings is 1. The number of hydrogen-bond acceptors (Lipinski definition) is 4. The molecule has 0 radical (unpaired) electrons. The molecule has 0 saturated carbocycles. The van der Waals surface area contributed by atoms with E-state index in [0.29, 0.717) is 16.7 Å². The third-order valence-electron chi connectivity index (χ3n) is 2.41. The molecule has 0 bridgehead atoms. The molecule has 18 heavy (non-hydrogen) atoms. The van der Waals surface area contributed by atoms with Gasteiger partial charge in [0.05, 0.1) is 0 Å². The Morgan fingerprint density at radius 2 is 1.67 bits per heavy atom. The van der Waals surface area contributed by atoms with Crippen molar-refractivity contribution in [2.45, 2.75) is 0 Å². The van der Waals surface area contributed by atoms with Gasteiger partial charge in [-0.2, -0.15) is 0 Å². The van der Waals surface area contributed by atoms with E-state index in [1.54, 1.807) is 24.5 Å². The molecule has 1 aromatic carbocycles. The van der Waals surface area contributed by atoms with Gasteiger partial charge in [0, 0.05) is 23.6 Å². The van der Waals surface area contributed by atoms with Gasteiger partial charge in [-0.15, -0.1) is 0 Å². The van der Waals surface area contributed by atoms with Crippen LogP contribution in [0.15, 0.2) is 48.8 Å². The predicted molar refractivity (Wildman–Crippen MR) is 68.5 cm³/mol. The van der Waals surface area contributed by atoms with E-state index in [2.05, 4.69) is 10.3 Å². The quantitative estimate of drug-likeness (QED) is 0.662. The van der Waals surface area contributed by atoms with Crippen molar-refractivity contribution in [3.8, 4) is 0 Å². The number of carbonyl (C=O) groups excluding carboxylic acids is 1. The Kier molecular flexibility index (Phi) is 3.71. The Morgan fingerprint density at radius 3 is 2.22 bits per heavy atom. The number of pyridine rings is 1. The van der Waals surface area contributed by atoms with Gasteiger partial charge in [0.25, 0.3) is 5.91 Å². The molecule has 0 atom stereocenters. The lowest BCUT2D eigenvalue weighted by Gasteiger charge is -2.05. The number of hydrogen-bond donors (Lipinski definition) is 3. The zero-order valence-corrected chi connectivity index (χ0v) is 9.45. The molecule has 2 aromatic rings. The summed E-state index contributed by atoms with van der Waals surface area (Å²) in [5, 5.41) is 20.6. The number of rotatable bonds is 3. The topological polar surface area (TPSA) is 82.5 Å². The molecule has 0 saturated heterocycles. The van der Waals surface area contributed by atoms with Gasteiger partial charge in [-0.1, -0.05) is 12.1 Å². The fourth-order valence-electron chi connectivity index (χ4n) is 1.45. The first-order valence-electron chi connectivity index (χ1n) is 5.34. The molecular weight excluding hydrogens is 231 g/mol. The van der Waals surface area contributed by atoms with Crippen LogP contribution in [-0.4, -0.2) is 28.1 Å². The van der Waals surface area contributed by atoms with Gasteiger partial charge in [0.1, 0.15) is 0 Å². The molecule has 0 fully saturated rings. The highest BCUT2D eigenvalue weighted by molar-refractivity contribution is 6.58. The first-order chi connectivity index (χ1) is 8.66. The highest BCUT2D eigenvalue weighted by Crippen LogP contribution is 2.06. The van der Waals surface area contributed by atoms with E-state index >= 15 is 0 Å². The van der Waals surface area contributed by atoms with E-state index in [1.807, 2.05) is 0 Å². The molecule has 3 N–H and O–H groups in total. The van der Waals surface area contributed by atoms with Crippen molar-refractivity contribution in [1.82, 2.24) is 4.98 Å². The number of aromatic nitrogens is 1. The molecule has 2 rings (SSSR count). The molecule has 0 aliphatic heterocycles. The maximum Gasteiger partial charge on any atom is 0.488 e. The minimum Gasteiger partial charge on any atom is -0.423 e. The summed E-state index contributed by atoms with van der Waals surface area (Å²) in [5.74, 6) is -0.264. The summed E-state index contributed by atoms with van der Waals surface area (Å²) in [6.45, 7) is 0. The van der Waals surface area contributed by atoms with Gasteiger partial charge in [0.2, 0.25) is 0 Å². The summed E-state index contributed by atoms with van der Waals surface area (Å²) >= 11 is 0. The number of nitrogens with zero attached hydrogens (tertiary/aromatic N) is 1. The number of carbonyl (C=O) groups is 1. The van der Waals surface area contributed by atoms with Crippen LogP contribution in [0.4, 0.5) is 5.69 Å². The normalized spacial score (nSPS) is 9.89. The first-order valence-corrected chi connectivity index (χ1v) is 5.34. The molecule has 0 aliphatic rings. The van der Waals surface area contributed by atoms with Crippen molar-refractivity contribution in [3.63, 3.8) is 0 Å². The van der Waals surface area contributed by atoms with E-state index in [-0.39, 0.29) is 5.91 Å². The molecule has 0 unspecified atom stereocenters. The fourth-order valence-corrected chi connectivity index (χ4v) is 1.45. The van der Waals surface area contributed by atoms with Crippen LogP contribution in [0.2, 0.25) is 0 Å². The third kappa shape index (κ3) is 2.94. The fraction of sp³-hybridized carbons (Fsp3) is 0. The van der Waals surface area contributed by atoms with Gasteiger partial charge in [-0.05, 0) is 29.7 Å². The van der Waals surface area contributed by atoms with Crippen LogP contribution in [0.5, 0.6) is 0 Å². The predicted octanol–water partition coefficient (Wildman–Crippen LogP) is 0.0137. The van der Waals surface area contributed by atoms with E-state index in [1.165, 1.54) is 24.3 Å². The van der Waals surface area contributed by atoms with E-state index in [0.717, 1.165) is 0 Å². The average molecular weight is 242 g/mol. The van der Waals surface area contributed by atoms with Crippen LogP contribution in [0.3, 0.4) is 0 Å². The average Bonchev–Trinajstić information content (AvgIpc) is 2.40. The van der Waals surface area contributed by atoms with Crippen molar-refractivity contribution in [3.05, 3.63) is 54.4 Å². The Balaban J connectivity index is 2.10. The lowest BCUT2D eigenvalue weighted by molar-refractivity contribution is 0.102. The largest absolute Gasteiger partial charge is 0.488 e. The molecule has 90 valence electrons. The molecule has 0 aliphatic carbocycles. The van der Waals surface area contributed by atoms with Crippen LogP contribution < -0.4 is 10.8 Å². The van der Waals surface area contributed by atoms with Gasteiger partial charge < -0.3 is 15.4 Å². The molecular formula is C12H11BN2O3. The molecule has 0 spiro atoms. The van der Waals surface area contributed by atoms with Crippen LogP contribution in [0, 0.1) is 0 Å². The Morgan fingerprint density at radius 1 is 1.06 bits per heavy atom. The summed E-state index contributed by atoms with van der Waals surface area (Å²) in [4.78, 5) is 15.7.